The Morgan fingerprint density at radius 2 is 1.48 bits per heavy atom. The number of halogens is 1. The Balaban J connectivity index is 0.00000272. The Bertz CT molecular complexity index is 1140. The van der Waals surface area contributed by atoms with Crippen LogP contribution < -0.4 is 21.9 Å². The number of anilines is 1. The SMILES string of the molecule is CN(Cc1ccccc1)c1ccc(N=Nc2n(C)nc(-c3ccccc3)[n+]2C)cc1.[Cl-]. The molecule has 1 heterocycles. The molecule has 0 aliphatic rings. The van der Waals surface area contributed by atoms with E-state index in [0.29, 0.717) is 5.95 Å². The Labute approximate surface area is 188 Å². The molecule has 0 aliphatic heterocycles. The summed E-state index contributed by atoms with van der Waals surface area (Å²) in [5.74, 6) is 1.53. The van der Waals surface area contributed by atoms with Crippen LogP contribution in [0.15, 0.2) is 95.2 Å². The van der Waals surface area contributed by atoms with Crippen LogP contribution in [-0.4, -0.2) is 16.8 Å². The van der Waals surface area contributed by atoms with Gasteiger partial charge in [-0.2, -0.15) is 0 Å². The van der Waals surface area contributed by atoms with Crippen molar-refractivity contribution < 1.29 is 17.0 Å². The number of hydrogen-bond acceptors (Lipinski definition) is 4. The highest BCUT2D eigenvalue weighted by Gasteiger charge is 2.21. The van der Waals surface area contributed by atoms with Gasteiger partial charge in [0.2, 0.25) is 0 Å². The van der Waals surface area contributed by atoms with Crippen molar-refractivity contribution >= 4 is 17.3 Å². The molecule has 0 saturated carbocycles. The number of hydrogen-bond donors (Lipinski definition) is 0. The van der Waals surface area contributed by atoms with Gasteiger partial charge in [0.25, 0.3) is 5.82 Å². The van der Waals surface area contributed by atoms with E-state index in [1.165, 1.54) is 5.56 Å². The lowest BCUT2D eigenvalue weighted by Gasteiger charge is -2.19. The van der Waals surface area contributed by atoms with E-state index < -0.39 is 0 Å². The lowest BCUT2D eigenvalue weighted by Crippen LogP contribution is -3.00. The molecular formula is C24H25ClN6. The molecular weight excluding hydrogens is 408 g/mol. The van der Waals surface area contributed by atoms with Gasteiger partial charge in [-0.15, -0.1) is 4.68 Å². The van der Waals surface area contributed by atoms with Crippen LogP contribution in [0.5, 0.6) is 0 Å². The summed E-state index contributed by atoms with van der Waals surface area (Å²) < 4.78 is 3.69. The van der Waals surface area contributed by atoms with Crippen LogP contribution in [0.2, 0.25) is 0 Å². The van der Waals surface area contributed by atoms with E-state index in [1.54, 1.807) is 4.68 Å². The summed E-state index contributed by atoms with van der Waals surface area (Å²) in [5, 5.41) is 13.4. The van der Waals surface area contributed by atoms with Crippen LogP contribution in [0.4, 0.5) is 17.3 Å². The molecule has 158 valence electrons. The standard InChI is InChI=1S/C24H25N6.ClH/c1-28(18-19-10-6-4-7-11-19)22-16-14-21(15-17-22)25-26-24-29(2)23(27-30(24)3)20-12-8-5-9-13-20;/h4-17H,18H2,1-3H3;1H/q+1;/p-1. The molecule has 31 heavy (non-hydrogen) atoms. The number of rotatable bonds is 6. The molecule has 3 aromatic carbocycles. The van der Waals surface area contributed by atoms with Gasteiger partial charge in [-0.05, 0) is 47.1 Å². The van der Waals surface area contributed by atoms with Crippen LogP contribution in [0, 0.1) is 0 Å². The highest BCUT2D eigenvalue weighted by atomic mass is 35.5. The molecule has 0 unspecified atom stereocenters. The molecule has 0 N–H and O–H groups in total. The lowest BCUT2D eigenvalue weighted by atomic mass is 10.2. The number of aryl methyl sites for hydroxylation is 1. The predicted octanol–water partition coefficient (Wildman–Crippen LogP) is 1.97. The Morgan fingerprint density at radius 1 is 0.871 bits per heavy atom. The second-order valence-corrected chi connectivity index (χ2v) is 7.23. The highest BCUT2D eigenvalue weighted by Crippen LogP contribution is 2.22. The van der Waals surface area contributed by atoms with E-state index in [4.69, 9.17) is 0 Å². The van der Waals surface area contributed by atoms with Gasteiger partial charge < -0.3 is 17.3 Å². The fourth-order valence-electron chi connectivity index (χ4n) is 3.36. The lowest BCUT2D eigenvalue weighted by molar-refractivity contribution is -0.648. The number of azo groups is 1. The zero-order valence-electron chi connectivity index (χ0n) is 17.9. The van der Waals surface area contributed by atoms with E-state index in [-0.39, 0.29) is 12.4 Å². The molecule has 0 aliphatic carbocycles. The molecule has 0 bridgehead atoms. The van der Waals surface area contributed by atoms with E-state index in [9.17, 15) is 0 Å². The Kier molecular flexibility index (Phi) is 7.15. The molecule has 6 nitrogen and oxygen atoms in total. The third kappa shape index (κ3) is 5.16. The second-order valence-electron chi connectivity index (χ2n) is 7.23. The van der Waals surface area contributed by atoms with E-state index in [2.05, 4.69) is 63.7 Å². The van der Waals surface area contributed by atoms with E-state index in [1.807, 2.05) is 67.2 Å². The van der Waals surface area contributed by atoms with Crippen molar-refractivity contribution in [1.82, 2.24) is 9.78 Å². The van der Waals surface area contributed by atoms with E-state index in [0.717, 1.165) is 29.3 Å². The molecule has 1 aromatic heterocycles. The average Bonchev–Trinajstić information content (AvgIpc) is 3.07. The van der Waals surface area contributed by atoms with Gasteiger partial charge in [-0.1, -0.05) is 53.6 Å². The second kappa shape index (κ2) is 10.00. The molecule has 7 heteroatoms. The molecule has 0 radical (unpaired) electrons. The first kappa shape index (κ1) is 22.2. The van der Waals surface area contributed by atoms with Crippen molar-refractivity contribution in [3.8, 4) is 11.4 Å². The van der Waals surface area contributed by atoms with E-state index >= 15 is 0 Å². The van der Waals surface area contributed by atoms with Crippen molar-refractivity contribution in [2.75, 3.05) is 11.9 Å². The largest absolute Gasteiger partial charge is 1.00 e. The minimum Gasteiger partial charge on any atom is -1.00 e. The van der Waals surface area contributed by atoms with Crippen LogP contribution in [0.1, 0.15) is 5.56 Å². The van der Waals surface area contributed by atoms with Gasteiger partial charge in [0.05, 0.1) is 19.8 Å². The summed E-state index contributed by atoms with van der Waals surface area (Å²) in [6, 6.07) is 28.6. The molecule has 0 amide bonds. The summed E-state index contributed by atoms with van der Waals surface area (Å²) in [4.78, 5) is 2.21. The Morgan fingerprint density at radius 3 is 2.13 bits per heavy atom. The first-order valence-corrected chi connectivity index (χ1v) is 9.87. The fourth-order valence-corrected chi connectivity index (χ4v) is 3.36. The molecule has 0 atom stereocenters. The zero-order valence-corrected chi connectivity index (χ0v) is 18.6. The van der Waals surface area contributed by atoms with Crippen LogP contribution in [-0.2, 0) is 20.6 Å². The first-order chi connectivity index (χ1) is 14.6. The number of benzene rings is 3. The monoisotopic (exact) mass is 432 g/mol. The van der Waals surface area contributed by atoms with Crippen molar-refractivity contribution in [2.45, 2.75) is 6.54 Å². The topological polar surface area (TPSA) is 49.7 Å². The van der Waals surface area contributed by atoms with Crippen LogP contribution in [0.25, 0.3) is 11.4 Å². The quantitative estimate of drug-likeness (QED) is 0.345. The highest BCUT2D eigenvalue weighted by molar-refractivity contribution is 5.53. The minimum absolute atomic E-state index is 0. The molecule has 4 rings (SSSR count). The maximum Gasteiger partial charge on any atom is 0.403 e. The minimum atomic E-state index is 0. The van der Waals surface area contributed by atoms with Gasteiger partial charge >= 0.3 is 5.95 Å². The summed E-state index contributed by atoms with van der Waals surface area (Å²) >= 11 is 0. The Hall–Kier alpha value is -3.51. The number of aromatic nitrogens is 3. The van der Waals surface area contributed by atoms with Crippen LogP contribution in [0.3, 0.4) is 0 Å². The van der Waals surface area contributed by atoms with Gasteiger partial charge in [0.15, 0.2) is 0 Å². The van der Waals surface area contributed by atoms with Gasteiger partial charge in [0.1, 0.15) is 0 Å². The smallest absolute Gasteiger partial charge is 0.403 e. The molecule has 4 aromatic rings. The summed E-state index contributed by atoms with van der Waals surface area (Å²) in [6.45, 7) is 0.856. The molecule has 0 saturated heterocycles. The third-order valence-corrected chi connectivity index (χ3v) is 4.99. The number of nitrogens with zero attached hydrogens (tertiary/aromatic N) is 6. The van der Waals surface area contributed by atoms with Crippen molar-refractivity contribution in [3.05, 3.63) is 90.5 Å². The van der Waals surface area contributed by atoms with Gasteiger partial charge in [-0.25, -0.2) is 4.57 Å². The zero-order chi connectivity index (χ0) is 20.9. The van der Waals surface area contributed by atoms with Crippen LogP contribution >= 0.6 is 0 Å². The average molecular weight is 433 g/mol. The van der Waals surface area contributed by atoms with Crippen molar-refractivity contribution in [3.63, 3.8) is 0 Å². The normalized spacial score (nSPS) is 10.8. The fraction of sp³-hybridized carbons (Fsp3) is 0.167. The van der Waals surface area contributed by atoms with Gasteiger partial charge in [0, 0.05) is 30.0 Å². The van der Waals surface area contributed by atoms with Crippen molar-refractivity contribution in [2.24, 2.45) is 24.3 Å². The third-order valence-electron chi connectivity index (χ3n) is 4.99. The molecule has 0 fully saturated rings. The maximum atomic E-state index is 4.59. The first-order valence-electron chi connectivity index (χ1n) is 9.87. The summed E-state index contributed by atoms with van der Waals surface area (Å²) in [7, 11) is 5.91. The van der Waals surface area contributed by atoms with Gasteiger partial charge in [-0.3, -0.25) is 0 Å². The summed E-state index contributed by atoms with van der Waals surface area (Å²) in [6.07, 6.45) is 0. The maximum absolute atomic E-state index is 4.59. The predicted molar refractivity (Wildman–Crippen MR) is 119 cm³/mol. The molecule has 0 spiro atoms. The summed E-state index contributed by atoms with van der Waals surface area (Å²) in [5.41, 5.74) is 4.26. The van der Waals surface area contributed by atoms with Crippen molar-refractivity contribution in [1.29, 1.82) is 0 Å².